The number of thiazole rings is 1. The van der Waals surface area contributed by atoms with Gasteiger partial charge in [-0.15, -0.1) is 15.7 Å². The molecule has 0 radical (unpaired) electrons. The number of carbonyl (C=O) groups is 1. The van der Waals surface area contributed by atoms with Gasteiger partial charge in [-0.05, 0) is 45.1 Å². The fourth-order valence-electron chi connectivity index (χ4n) is 3.93. The van der Waals surface area contributed by atoms with Gasteiger partial charge in [0.1, 0.15) is 14.8 Å². The van der Waals surface area contributed by atoms with E-state index < -0.39 is 21.5 Å². The van der Waals surface area contributed by atoms with Gasteiger partial charge in [0.15, 0.2) is 9.92 Å². The van der Waals surface area contributed by atoms with Crippen LogP contribution in [0, 0.1) is 0 Å². The normalized spacial score (nSPS) is 15.1. The number of hydrogen-bond acceptors (Lipinski definition) is 6. The molecular formula is C23H27N5O3S2. The van der Waals surface area contributed by atoms with Crippen LogP contribution in [-0.2, 0) is 34.8 Å². The number of amides is 2. The number of anilines is 1. The van der Waals surface area contributed by atoms with Crippen LogP contribution in [0.15, 0.2) is 45.1 Å². The maximum atomic E-state index is 13.0. The van der Waals surface area contributed by atoms with Crippen molar-refractivity contribution >= 4 is 33.0 Å². The van der Waals surface area contributed by atoms with Crippen molar-refractivity contribution in [1.82, 2.24) is 9.97 Å². The third-order valence-corrected chi connectivity index (χ3v) is 8.66. The molecule has 174 valence electrons. The first-order valence-corrected chi connectivity index (χ1v) is 13.1. The van der Waals surface area contributed by atoms with Crippen molar-refractivity contribution in [3.05, 3.63) is 58.4 Å². The molecule has 4 N–H and O–H groups in total. The van der Waals surface area contributed by atoms with E-state index in [9.17, 15) is 14.1 Å². The Morgan fingerprint density at radius 2 is 2.03 bits per heavy atom. The molecule has 2 amide bonds. The third kappa shape index (κ3) is 4.84. The Kier molecular flexibility index (Phi) is 6.37. The zero-order valence-electron chi connectivity index (χ0n) is 18.8. The second-order valence-electron chi connectivity index (χ2n) is 8.45. The van der Waals surface area contributed by atoms with Crippen LogP contribution in [-0.4, -0.2) is 25.3 Å². The Labute approximate surface area is 197 Å². The summed E-state index contributed by atoms with van der Waals surface area (Å²) in [6.07, 6.45) is 4.56. The molecule has 10 heteroatoms. The maximum absolute atomic E-state index is 13.0. The van der Waals surface area contributed by atoms with Gasteiger partial charge in [-0.1, -0.05) is 37.3 Å². The Morgan fingerprint density at radius 1 is 1.30 bits per heavy atom. The van der Waals surface area contributed by atoms with Crippen LogP contribution in [0.4, 0.5) is 10.5 Å². The van der Waals surface area contributed by atoms with Crippen molar-refractivity contribution in [3.63, 3.8) is 0 Å². The van der Waals surface area contributed by atoms with E-state index in [-0.39, 0.29) is 4.21 Å². The van der Waals surface area contributed by atoms with E-state index in [1.54, 1.807) is 13.8 Å². The summed E-state index contributed by atoms with van der Waals surface area (Å²) in [7, 11) is -3.52. The molecule has 1 unspecified atom stereocenters. The summed E-state index contributed by atoms with van der Waals surface area (Å²) in [6, 6.07) is 9.07. The summed E-state index contributed by atoms with van der Waals surface area (Å²) in [5.74, 6) is 0. The molecule has 0 fully saturated rings. The van der Waals surface area contributed by atoms with Crippen LogP contribution in [0.25, 0.3) is 11.3 Å². The molecule has 2 aromatic heterocycles. The van der Waals surface area contributed by atoms with E-state index in [2.05, 4.69) is 14.7 Å². The summed E-state index contributed by atoms with van der Waals surface area (Å²) in [6.45, 7) is 5.15. The van der Waals surface area contributed by atoms with Crippen LogP contribution < -0.4 is 10.5 Å². The molecule has 8 nitrogen and oxygen atoms in total. The van der Waals surface area contributed by atoms with E-state index >= 15 is 0 Å². The predicted octanol–water partition coefficient (Wildman–Crippen LogP) is 4.42. The van der Waals surface area contributed by atoms with Gasteiger partial charge in [0, 0.05) is 16.8 Å². The molecule has 1 atom stereocenters. The molecule has 1 aliphatic rings. The monoisotopic (exact) mass is 485 g/mol. The first-order valence-electron chi connectivity index (χ1n) is 10.7. The van der Waals surface area contributed by atoms with E-state index in [0.29, 0.717) is 17.1 Å². The summed E-state index contributed by atoms with van der Waals surface area (Å²) in [5, 5.41) is 19.3. The zero-order chi connectivity index (χ0) is 23.8. The molecule has 4 rings (SSSR count). The van der Waals surface area contributed by atoms with Crippen molar-refractivity contribution in [1.29, 1.82) is 0 Å². The number of urea groups is 1. The van der Waals surface area contributed by atoms with E-state index in [4.69, 9.17) is 10.1 Å². The first kappa shape index (κ1) is 23.5. The van der Waals surface area contributed by atoms with Gasteiger partial charge >= 0.3 is 6.03 Å². The number of aliphatic hydroxyl groups is 1. The van der Waals surface area contributed by atoms with Crippen LogP contribution in [0.1, 0.15) is 49.0 Å². The summed E-state index contributed by atoms with van der Waals surface area (Å²) in [4.78, 5) is 21.9. The number of hydrogen-bond donors (Lipinski definition) is 3. The molecule has 33 heavy (non-hydrogen) atoms. The SMILES string of the molecule is CCc1c(-c2ccccc2)nc2c(c1NC(=O)N=S(N)(=O)c1cnc(C(C)(C)O)s1)CCC2. The highest BCUT2D eigenvalue weighted by molar-refractivity contribution is 7.93. The van der Waals surface area contributed by atoms with Crippen molar-refractivity contribution in [3.8, 4) is 11.3 Å². The Morgan fingerprint density at radius 3 is 2.67 bits per heavy atom. The van der Waals surface area contributed by atoms with Crippen molar-refractivity contribution in [2.24, 2.45) is 9.50 Å². The topological polar surface area (TPSA) is 131 Å². The molecule has 0 spiro atoms. The number of nitrogens with two attached hydrogens (primary N) is 1. The molecule has 3 aromatic rings. The van der Waals surface area contributed by atoms with Crippen LogP contribution in [0.2, 0.25) is 0 Å². The Balaban J connectivity index is 1.73. The number of rotatable bonds is 5. The number of benzene rings is 1. The number of fused-ring (bicyclic) bond motifs is 1. The van der Waals surface area contributed by atoms with E-state index in [0.717, 1.165) is 58.7 Å². The zero-order valence-corrected chi connectivity index (χ0v) is 20.4. The average molecular weight is 486 g/mol. The Bertz CT molecular complexity index is 1320. The van der Waals surface area contributed by atoms with Gasteiger partial charge < -0.3 is 10.4 Å². The lowest BCUT2D eigenvalue weighted by Crippen LogP contribution is -2.18. The van der Waals surface area contributed by atoms with Gasteiger partial charge in [-0.25, -0.2) is 19.1 Å². The average Bonchev–Trinajstić information content (AvgIpc) is 3.43. The number of carbonyl (C=O) groups excluding carboxylic acids is 1. The van der Waals surface area contributed by atoms with Crippen molar-refractivity contribution < 1.29 is 14.1 Å². The smallest absolute Gasteiger partial charge is 0.354 e. The van der Waals surface area contributed by atoms with Crippen molar-refractivity contribution in [2.75, 3.05) is 5.32 Å². The fourth-order valence-corrected chi connectivity index (χ4v) is 5.99. The molecule has 1 aliphatic carbocycles. The quantitative estimate of drug-likeness (QED) is 0.492. The van der Waals surface area contributed by atoms with Gasteiger partial charge in [0.2, 0.25) is 0 Å². The van der Waals surface area contributed by atoms with Gasteiger partial charge in [0.05, 0.1) is 17.6 Å². The van der Waals surface area contributed by atoms with E-state index in [1.165, 1.54) is 6.20 Å². The highest BCUT2D eigenvalue weighted by Gasteiger charge is 2.26. The standard InChI is InChI=1S/C23H27N5O3S2/c1-4-15-19(14-9-6-5-7-10-14)26-17-12-8-11-16(17)20(15)27-22(29)28-33(24,31)18-13-25-21(32-18)23(2,3)30/h5-7,9-10,13,30H,4,8,11-12H2,1-3H3,(H3,24,26,27,28,29,31). The minimum absolute atomic E-state index is 0.135. The molecule has 1 aromatic carbocycles. The van der Waals surface area contributed by atoms with Gasteiger partial charge in [-0.2, -0.15) is 0 Å². The minimum atomic E-state index is -3.52. The van der Waals surface area contributed by atoms with Gasteiger partial charge in [-0.3, -0.25) is 4.98 Å². The second kappa shape index (κ2) is 8.94. The number of nitrogens with zero attached hydrogens (tertiary/aromatic N) is 3. The van der Waals surface area contributed by atoms with Crippen LogP contribution in [0.5, 0.6) is 0 Å². The molecule has 0 bridgehead atoms. The highest BCUT2D eigenvalue weighted by Crippen LogP contribution is 2.37. The number of aromatic nitrogens is 2. The minimum Gasteiger partial charge on any atom is -0.383 e. The summed E-state index contributed by atoms with van der Waals surface area (Å²) < 4.78 is 17.0. The predicted molar refractivity (Wildman–Crippen MR) is 130 cm³/mol. The molecule has 0 saturated carbocycles. The van der Waals surface area contributed by atoms with Crippen LogP contribution >= 0.6 is 11.3 Å². The van der Waals surface area contributed by atoms with Gasteiger partial charge in [0.25, 0.3) is 0 Å². The summed E-state index contributed by atoms with van der Waals surface area (Å²) >= 11 is 0.977. The van der Waals surface area contributed by atoms with Crippen molar-refractivity contribution in [2.45, 2.75) is 56.3 Å². The van der Waals surface area contributed by atoms with Crippen LogP contribution in [0.3, 0.4) is 0 Å². The number of nitrogens with one attached hydrogen (secondary N) is 1. The third-order valence-electron chi connectivity index (χ3n) is 5.47. The summed E-state index contributed by atoms with van der Waals surface area (Å²) in [5.41, 5.74) is 4.16. The lowest BCUT2D eigenvalue weighted by atomic mass is 9.98. The molecular weight excluding hydrogens is 458 g/mol. The number of pyridine rings is 1. The Hall–Kier alpha value is -2.66. The fraction of sp³-hybridized carbons (Fsp3) is 0.348. The number of aryl methyl sites for hydroxylation is 1. The highest BCUT2D eigenvalue weighted by atomic mass is 32.2. The van der Waals surface area contributed by atoms with E-state index in [1.807, 2.05) is 37.3 Å². The first-order chi connectivity index (χ1) is 15.6. The lowest BCUT2D eigenvalue weighted by molar-refractivity contribution is 0.0783. The molecule has 0 aliphatic heterocycles. The molecule has 0 saturated heterocycles. The second-order valence-corrected chi connectivity index (χ2v) is 11.5. The lowest BCUT2D eigenvalue weighted by Gasteiger charge is -2.18. The molecule has 2 heterocycles. The maximum Gasteiger partial charge on any atom is 0.354 e. The largest absolute Gasteiger partial charge is 0.383 e.